The molecule has 0 aliphatic heterocycles. The first-order valence-electron chi connectivity index (χ1n) is 8.88. The van der Waals surface area contributed by atoms with E-state index in [1.807, 2.05) is 24.3 Å². The van der Waals surface area contributed by atoms with Crippen LogP contribution in [0.5, 0.6) is 5.75 Å². The third-order valence-electron chi connectivity index (χ3n) is 4.47. The topological polar surface area (TPSA) is 41.6 Å². The maximum Gasteiger partial charge on any atom is 0.251 e. The second-order valence-electron chi connectivity index (χ2n) is 6.01. The zero-order chi connectivity index (χ0) is 18.1. The Hall–Kier alpha value is -2.33. The van der Waals surface area contributed by atoms with Crippen molar-refractivity contribution < 1.29 is 9.53 Å². The van der Waals surface area contributed by atoms with Gasteiger partial charge in [0.25, 0.3) is 5.91 Å². The summed E-state index contributed by atoms with van der Waals surface area (Å²) >= 11 is 0. The Labute approximate surface area is 150 Å². The van der Waals surface area contributed by atoms with Crippen LogP contribution in [0, 0.1) is 0 Å². The summed E-state index contributed by atoms with van der Waals surface area (Å²) in [6, 6.07) is 17.9. The summed E-state index contributed by atoms with van der Waals surface area (Å²) in [7, 11) is 1.60. The molecule has 0 radical (unpaired) electrons. The second-order valence-corrected chi connectivity index (χ2v) is 6.01. The average molecular weight is 340 g/mol. The number of hydrogen-bond donors (Lipinski definition) is 1. The Morgan fingerprint density at radius 3 is 2.44 bits per heavy atom. The summed E-state index contributed by atoms with van der Waals surface area (Å²) in [5, 5.41) is 3.08. The molecule has 0 spiro atoms. The lowest BCUT2D eigenvalue weighted by molar-refractivity contribution is 0.0934. The van der Waals surface area contributed by atoms with Crippen molar-refractivity contribution >= 4 is 5.91 Å². The second kappa shape index (κ2) is 9.84. The van der Waals surface area contributed by atoms with E-state index in [1.165, 1.54) is 5.56 Å². The maximum absolute atomic E-state index is 12.5. The van der Waals surface area contributed by atoms with Crippen LogP contribution in [0.25, 0.3) is 0 Å². The lowest BCUT2D eigenvalue weighted by atomic mass is 10.0. The van der Waals surface area contributed by atoms with Crippen LogP contribution in [0.2, 0.25) is 0 Å². The van der Waals surface area contributed by atoms with Crippen molar-refractivity contribution in [3.05, 3.63) is 65.7 Å². The summed E-state index contributed by atoms with van der Waals surface area (Å²) in [4.78, 5) is 14.9. The molecule has 4 heteroatoms. The highest BCUT2D eigenvalue weighted by molar-refractivity contribution is 5.94. The Bertz CT molecular complexity index is 654. The predicted molar refractivity (Wildman–Crippen MR) is 102 cm³/mol. The number of methoxy groups -OCH3 is 1. The van der Waals surface area contributed by atoms with Gasteiger partial charge in [-0.25, -0.2) is 0 Å². The molecule has 0 bridgehead atoms. The smallest absolute Gasteiger partial charge is 0.251 e. The highest BCUT2D eigenvalue weighted by atomic mass is 16.5. The minimum atomic E-state index is -0.0656. The highest BCUT2D eigenvalue weighted by Crippen LogP contribution is 2.13. The molecule has 0 aliphatic rings. The minimum absolute atomic E-state index is 0.0656. The number of hydrogen-bond acceptors (Lipinski definition) is 3. The van der Waals surface area contributed by atoms with E-state index >= 15 is 0 Å². The van der Waals surface area contributed by atoms with Crippen molar-refractivity contribution in [1.29, 1.82) is 0 Å². The Morgan fingerprint density at radius 2 is 1.80 bits per heavy atom. The van der Waals surface area contributed by atoms with Crippen LogP contribution >= 0.6 is 0 Å². The lowest BCUT2D eigenvalue weighted by Gasteiger charge is -2.30. The van der Waals surface area contributed by atoms with Crippen molar-refractivity contribution in [3.8, 4) is 5.75 Å². The standard InChI is InChI=1S/C21H28N2O2/c1-4-23(5-2)19(14-17-10-7-6-8-11-17)16-22-21(24)18-12-9-13-20(15-18)25-3/h6-13,15,19H,4-5,14,16H2,1-3H3,(H,22,24). The van der Waals surface area contributed by atoms with E-state index in [0.717, 1.165) is 19.5 Å². The summed E-state index contributed by atoms with van der Waals surface area (Å²) in [5.41, 5.74) is 1.91. The molecule has 0 aliphatic carbocycles. The van der Waals surface area contributed by atoms with Gasteiger partial charge in [0.15, 0.2) is 0 Å². The zero-order valence-electron chi connectivity index (χ0n) is 15.4. The molecule has 0 saturated carbocycles. The van der Waals surface area contributed by atoms with E-state index in [0.29, 0.717) is 17.9 Å². The fraction of sp³-hybridized carbons (Fsp3) is 0.381. The number of nitrogens with zero attached hydrogens (tertiary/aromatic N) is 1. The number of nitrogens with one attached hydrogen (secondary N) is 1. The summed E-state index contributed by atoms with van der Waals surface area (Å²) in [6.07, 6.45) is 0.918. The molecular weight excluding hydrogens is 312 g/mol. The number of carbonyl (C=O) groups excluding carboxylic acids is 1. The summed E-state index contributed by atoms with van der Waals surface area (Å²) in [5.74, 6) is 0.626. The van der Waals surface area contributed by atoms with Crippen LogP contribution in [-0.2, 0) is 6.42 Å². The Balaban J connectivity index is 2.04. The molecule has 1 N–H and O–H groups in total. The lowest BCUT2D eigenvalue weighted by Crippen LogP contribution is -2.45. The number of carbonyl (C=O) groups is 1. The van der Waals surface area contributed by atoms with Crippen LogP contribution in [0.3, 0.4) is 0 Å². The minimum Gasteiger partial charge on any atom is -0.497 e. The highest BCUT2D eigenvalue weighted by Gasteiger charge is 2.18. The quantitative estimate of drug-likeness (QED) is 0.761. The van der Waals surface area contributed by atoms with Crippen molar-refractivity contribution in [2.45, 2.75) is 26.3 Å². The fourth-order valence-corrected chi connectivity index (χ4v) is 3.03. The molecule has 0 fully saturated rings. The third-order valence-corrected chi connectivity index (χ3v) is 4.47. The van der Waals surface area contributed by atoms with Gasteiger partial charge in [-0.3, -0.25) is 9.69 Å². The average Bonchev–Trinajstić information content (AvgIpc) is 2.67. The molecule has 134 valence electrons. The Kier molecular flexibility index (Phi) is 7.48. The van der Waals surface area contributed by atoms with Crippen molar-refractivity contribution in [2.24, 2.45) is 0 Å². The van der Waals surface area contributed by atoms with E-state index in [9.17, 15) is 4.79 Å². The van der Waals surface area contributed by atoms with Crippen molar-refractivity contribution in [3.63, 3.8) is 0 Å². The van der Waals surface area contributed by atoms with Crippen LogP contribution in [0.4, 0.5) is 0 Å². The molecule has 2 rings (SSSR count). The Morgan fingerprint density at radius 1 is 1.08 bits per heavy atom. The van der Waals surface area contributed by atoms with Gasteiger partial charge in [0.1, 0.15) is 5.75 Å². The molecule has 0 aromatic heterocycles. The zero-order valence-corrected chi connectivity index (χ0v) is 15.4. The van der Waals surface area contributed by atoms with Gasteiger partial charge in [0.2, 0.25) is 0 Å². The predicted octanol–water partition coefficient (Wildman–Crippen LogP) is 3.38. The monoisotopic (exact) mass is 340 g/mol. The van der Waals surface area contributed by atoms with Gasteiger partial charge in [-0.15, -0.1) is 0 Å². The van der Waals surface area contributed by atoms with Gasteiger partial charge in [0, 0.05) is 18.2 Å². The van der Waals surface area contributed by atoms with E-state index in [2.05, 4.69) is 48.3 Å². The first kappa shape index (κ1) is 19.0. The van der Waals surface area contributed by atoms with Crippen LogP contribution in [-0.4, -0.2) is 43.6 Å². The number of rotatable bonds is 9. The molecule has 2 aromatic rings. The molecule has 0 saturated heterocycles. The third kappa shape index (κ3) is 5.61. The molecule has 0 heterocycles. The van der Waals surface area contributed by atoms with Crippen LogP contribution < -0.4 is 10.1 Å². The van der Waals surface area contributed by atoms with Gasteiger partial charge in [-0.2, -0.15) is 0 Å². The largest absolute Gasteiger partial charge is 0.497 e. The van der Waals surface area contributed by atoms with E-state index < -0.39 is 0 Å². The first-order chi connectivity index (χ1) is 12.2. The van der Waals surface area contributed by atoms with Gasteiger partial charge in [-0.1, -0.05) is 50.2 Å². The van der Waals surface area contributed by atoms with E-state index in [4.69, 9.17) is 4.74 Å². The maximum atomic E-state index is 12.5. The molecule has 1 unspecified atom stereocenters. The van der Waals surface area contributed by atoms with Crippen LogP contribution in [0.1, 0.15) is 29.8 Å². The number of likely N-dealkylation sites (N-methyl/N-ethyl adjacent to an activating group) is 1. The summed E-state index contributed by atoms with van der Waals surface area (Å²) < 4.78 is 5.19. The van der Waals surface area contributed by atoms with E-state index in [-0.39, 0.29) is 11.9 Å². The van der Waals surface area contributed by atoms with Crippen LogP contribution in [0.15, 0.2) is 54.6 Å². The number of benzene rings is 2. The van der Waals surface area contributed by atoms with Gasteiger partial charge < -0.3 is 10.1 Å². The fourth-order valence-electron chi connectivity index (χ4n) is 3.03. The van der Waals surface area contributed by atoms with Gasteiger partial charge in [-0.05, 0) is 43.3 Å². The van der Waals surface area contributed by atoms with Gasteiger partial charge >= 0.3 is 0 Å². The molecule has 2 aromatic carbocycles. The number of amides is 1. The molecule has 1 atom stereocenters. The normalized spacial score (nSPS) is 12.0. The molecule has 4 nitrogen and oxygen atoms in total. The molecular formula is C21H28N2O2. The van der Waals surface area contributed by atoms with Crippen molar-refractivity contribution in [1.82, 2.24) is 10.2 Å². The first-order valence-corrected chi connectivity index (χ1v) is 8.88. The van der Waals surface area contributed by atoms with Gasteiger partial charge in [0.05, 0.1) is 7.11 Å². The summed E-state index contributed by atoms with van der Waals surface area (Å²) in [6.45, 7) is 6.86. The van der Waals surface area contributed by atoms with E-state index in [1.54, 1.807) is 13.2 Å². The SMILES string of the molecule is CCN(CC)C(CNC(=O)c1cccc(OC)c1)Cc1ccccc1. The molecule has 25 heavy (non-hydrogen) atoms. The van der Waals surface area contributed by atoms with Crippen molar-refractivity contribution in [2.75, 3.05) is 26.7 Å². The molecule has 1 amide bonds. The number of ether oxygens (including phenoxy) is 1.